The van der Waals surface area contributed by atoms with Crippen LogP contribution in [0.25, 0.3) is 5.69 Å². The van der Waals surface area contributed by atoms with E-state index in [9.17, 15) is 0 Å². The van der Waals surface area contributed by atoms with Crippen molar-refractivity contribution in [2.24, 2.45) is 0 Å². The molecule has 0 amide bonds. The molecule has 16 heavy (non-hydrogen) atoms. The van der Waals surface area contributed by atoms with Crippen molar-refractivity contribution < 1.29 is 0 Å². The van der Waals surface area contributed by atoms with Gasteiger partial charge in [-0.2, -0.15) is 0 Å². The molecule has 2 rings (SSSR count). The molecule has 0 atom stereocenters. The summed E-state index contributed by atoms with van der Waals surface area (Å²) in [6.07, 6.45) is 0. The lowest BCUT2D eigenvalue weighted by molar-refractivity contribution is 0.943. The lowest BCUT2D eigenvalue weighted by Crippen LogP contribution is -2.03. The van der Waals surface area contributed by atoms with Crippen molar-refractivity contribution >= 4 is 15.9 Å². The molecule has 0 bridgehead atoms. The maximum absolute atomic E-state index is 3.54. The first-order valence-corrected chi connectivity index (χ1v) is 6.22. The zero-order chi connectivity index (χ0) is 11.9. The zero-order valence-corrected chi connectivity index (χ0v) is 11.7. The summed E-state index contributed by atoms with van der Waals surface area (Å²) in [5.74, 6) is 0. The Balaban J connectivity index is 2.74. The third-order valence-electron chi connectivity index (χ3n) is 2.95. The van der Waals surface area contributed by atoms with E-state index >= 15 is 0 Å². The molecule has 0 radical (unpaired) electrons. The average molecular weight is 278 g/mol. The smallest absolute Gasteiger partial charge is 0.0514 e. The summed E-state index contributed by atoms with van der Waals surface area (Å²) >= 11 is 3.54. The van der Waals surface area contributed by atoms with Crippen LogP contribution >= 0.6 is 15.9 Å². The van der Waals surface area contributed by atoms with Gasteiger partial charge >= 0.3 is 0 Å². The van der Waals surface area contributed by atoms with E-state index in [0.29, 0.717) is 0 Å². The monoisotopic (exact) mass is 277 g/mol. The summed E-state index contributed by atoms with van der Waals surface area (Å²) in [7, 11) is 0. The molecule has 0 spiro atoms. The van der Waals surface area contributed by atoms with Gasteiger partial charge in [0.05, 0.1) is 5.69 Å². The highest BCUT2D eigenvalue weighted by Gasteiger charge is 2.10. The minimum atomic E-state index is 1.15. The Morgan fingerprint density at radius 3 is 1.75 bits per heavy atom. The van der Waals surface area contributed by atoms with Crippen molar-refractivity contribution in [3.63, 3.8) is 0 Å². The summed E-state index contributed by atoms with van der Waals surface area (Å²) in [5.41, 5.74) is 6.48. The van der Waals surface area contributed by atoms with Crippen LogP contribution in [-0.4, -0.2) is 4.57 Å². The Hall–Kier alpha value is -1.02. The second-order valence-electron chi connectivity index (χ2n) is 4.34. The number of benzene rings is 1. The molecule has 0 unspecified atom stereocenters. The van der Waals surface area contributed by atoms with Gasteiger partial charge < -0.3 is 4.57 Å². The standard InChI is InChI=1S/C14H16BrN/c1-9-7-13(15)8-10(2)14(9)16-11(3)5-6-12(16)4/h5-8H,1-4H3. The quantitative estimate of drug-likeness (QED) is 0.725. The van der Waals surface area contributed by atoms with Crippen molar-refractivity contribution in [2.75, 3.05) is 0 Å². The van der Waals surface area contributed by atoms with E-state index in [1.807, 2.05) is 0 Å². The maximum Gasteiger partial charge on any atom is 0.0514 e. The summed E-state index contributed by atoms with van der Waals surface area (Å²) in [6.45, 7) is 8.61. The van der Waals surface area contributed by atoms with Crippen molar-refractivity contribution in [3.8, 4) is 5.69 Å². The average Bonchev–Trinajstić information content (AvgIpc) is 2.47. The fraction of sp³-hybridized carbons (Fsp3) is 0.286. The van der Waals surface area contributed by atoms with Crippen LogP contribution in [0.4, 0.5) is 0 Å². The number of hydrogen-bond donors (Lipinski definition) is 0. The van der Waals surface area contributed by atoms with Crippen LogP contribution < -0.4 is 0 Å². The van der Waals surface area contributed by atoms with Gasteiger partial charge in [0.1, 0.15) is 0 Å². The Morgan fingerprint density at radius 1 is 0.875 bits per heavy atom. The lowest BCUT2D eigenvalue weighted by Gasteiger charge is -2.16. The highest BCUT2D eigenvalue weighted by molar-refractivity contribution is 9.10. The molecule has 1 aromatic heterocycles. The van der Waals surface area contributed by atoms with Crippen LogP contribution in [-0.2, 0) is 0 Å². The van der Waals surface area contributed by atoms with Gasteiger partial charge in [0, 0.05) is 15.9 Å². The fourth-order valence-corrected chi connectivity index (χ4v) is 2.96. The van der Waals surface area contributed by atoms with Crippen LogP contribution in [0.15, 0.2) is 28.7 Å². The van der Waals surface area contributed by atoms with E-state index in [-0.39, 0.29) is 0 Å². The van der Waals surface area contributed by atoms with Gasteiger partial charge in [0.15, 0.2) is 0 Å². The molecule has 0 saturated carbocycles. The molecule has 2 aromatic rings. The van der Waals surface area contributed by atoms with Gasteiger partial charge in [0.25, 0.3) is 0 Å². The predicted molar refractivity (Wildman–Crippen MR) is 72.4 cm³/mol. The van der Waals surface area contributed by atoms with Gasteiger partial charge in [-0.25, -0.2) is 0 Å². The lowest BCUT2D eigenvalue weighted by atomic mass is 10.1. The number of rotatable bonds is 1. The first-order valence-electron chi connectivity index (χ1n) is 5.43. The molecule has 0 N–H and O–H groups in total. The zero-order valence-electron chi connectivity index (χ0n) is 10.1. The molecular weight excluding hydrogens is 262 g/mol. The van der Waals surface area contributed by atoms with E-state index in [0.717, 1.165) is 4.47 Å². The summed E-state index contributed by atoms with van der Waals surface area (Å²) in [4.78, 5) is 0. The predicted octanol–water partition coefficient (Wildman–Crippen LogP) is 4.47. The molecule has 0 aliphatic rings. The van der Waals surface area contributed by atoms with E-state index in [2.05, 4.69) is 72.5 Å². The van der Waals surface area contributed by atoms with Gasteiger partial charge in [-0.1, -0.05) is 15.9 Å². The molecule has 1 nitrogen and oxygen atoms in total. The van der Waals surface area contributed by atoms with Crippen LogP contribution in [0.2, 0.25) is 0 Å². The first-order chi connectivity index (χ1) is 7.50. The van der Waals surface area contributed by atoms with E-state index in [1.54, 1.807) is 0 Å². The minimum Gasteiger partial charge on any atom is -0.318 e. The summed E-state index contributed by atoms with van der Waals surface area (Å²) in [5, 5.41) is 0. The first kappa shape index (κ1) is 11.5. The molecule has 0 aliphatic heterocycles. The van der Waals surface area contributed by atoms with E-state index < -0.39 is 0 Å². The number of nitrogens with zero attached hydrogens (tertiary/aromatic N) is 1. The van der Waals surface area contributed by atoms with Crippen molar-refractivity contribution in [2.45, 2.75) is 27.7 Å². The Bertz CT molecular complexity index is 495. The van der Waals surface area contributed by atoms with Crippen molar-refractivity contribution in [3.05, 3.63) is 51.3 Å². The number of aryl methyl sites for hydroxylation is 4. The third kappa shape index (κ3) is 1.82. The molecule has 2 heteroatoms. The van der Waals surface area contributed by atoms with E-state index in [1.165, 1.54) is 28.2 Å². The Labute approximate surface area is 105 Å². The largest absolute Gasteiger partial charge is 0.318 e. The van der Waals surface area contributed by atoms with Crippen LogP contribution in [0.3, 0.4) is 0 Å². The van der Waals surface area contributed by atoms with Crippen LogP contribution in [0.5, 0.6) is 0 Å². The maximum atomic E-state index is 3.54. The SMILES string of the molecule is Cc1cc(Br)cc(C)c1-n1c(C)ccc1C. The van der Waals surface area contributed by atoms with Gasteiger partial charge in [-0.05, 0) is 63.1 Å². The Kier molecular flexibility index (Phi) is 2.94. The second-order valence-corrected chi connectivity index (χ2v) is 5.26. The highest BCUT2D eigenvalue weighted by Crippen LogP contribution is 2.26. The van der Waals surface area contributed by atoms with Gasteiger partial charge in [-0.3, -0.25) is 0 Å². The molecule has 0 aliphatic carbocycles. The molecule has 1 heterocycles. The van der Waals surface area contributed by atoms with Crippen molar-refractivity contribution in [1.29, 1.82) is 0 Å². The normalized spacial score (nSPS) is 10.8. The molecule has 0 fully saturated rings. The molecular formula is C14H16BrN. The number of halogens is 1. The van der Waals surface area contributed by atoms with E-state index in [4.69, 9.17) is 0 Å². The number of aromatic nitrogens is 1. The second kappa shape index (κ2) is 4.10. The van der Waals surface area contributed by atoms with Gasteiger partial charge in [-0.15, -0.1) is 0 Å². The Morgan fingerprint density at radius 2 is 1.31 bits per heavy atom. The number of hydrogen-bond acceptors (Lipinski definition) is 0. The topological polar surface area (TPSA) is 4.93 Å². The molecule has 1 aromatic carbocycles. The fourth-order valence-electron chi connectivity index (χ4n) is 2.28. The molecule has 84 valence electrons. The van der Waals surface area contributed by atoms with Crippen LogP contribution in [0, 0.1) is 27.7 Å². The van der Waals surface area contributed by atoms with Gasteiger partial charge in [0.2, 0.25) is 0 Å². The van der Waals surface area contributed by atoms with Crippen molar-refractivity contribution in [1.82, 2.24) is 4.57 Å². The summed E-state index contributed by atoms with van der Waals surface area (Å²) < 4.78 is 3.46. The van der Waals surface area contributed by atoms with Crippen LogP contribution in [0.1, 0.15) is 22.5 Å². The summed E-state index contributed by atoms with van der Waals surface area (Å²) in [6, 6.07) is 8.66. The minimum absolute atomic E-state index is 1.15. The molecule has 0 saturated heterocycles. The highest BCUT2D eigenvalue weighted by atomic mass is 79.9. The third-order valence-corrected chi connectivity index (χ3v) is 3.41.